The van der Waals surface area contributed by atoms with Crippen molar-refractivity contribution in [2.24, 2.45) is 5.73 Å². The van der Waals surface area contributed by atoms with Gasteiger partial charge in [-0.25, -0.2) is 4.98 Å². The number of hydrogen-bond acceptors (Lipinski definition) is 2. The van der Waals surface area contributed by atoms with Crippen LogP contribution in [0.15, 0.2) is 36.7 Å². The van der Waals surface area contributed by atoms with Gasteiger partial charge in [-0.15, -0.1) is 0 Å². The number of nitrogens with zero attached hydrogens (tertiary/aromatic N) is 1. The number of rotatable bonds is 4. The quantitative estimate of drug-likeness (QED) is 0.652. The Balaban J connectivity index is 1.87. The van der Waals surface area contributed by atoms with Gasteiger partial charge in [0.05, 0.1) is 0 Å². The van der Waals surface area contributed by atoms with Crippen molar-refractivity contribution in [3.8, 4) is 0 Å². The number of benzene rings is 1. The highest BCUT2D eigenvalue weighted by molar-refractivity contribution is 5.83. The minimum atomic E-state index is 0.625. The zero-order chi connectivity index (χ0) is 12.4. The first kappa shape index (κ1) is 11.0. The van der Waals surface area contributed by atoms with E-state index in [9.17, 15) is 0 Å². The average Bonchev–Trinajstić information content (AvgIpc) is 2.99. The molecule has 0 saturated heterocycles. The minimum Gasteiger partial charge on any atom is -0.361 e. The number of imidazole rings is 1. The van der Waals surface area contributed by atoms with Crippen molar-refractivity contribution >= 4 is 10.9 Å². The highest BCUT2D eigenvalue weighted by atomic mass is 14.9. The van der Waals surface area contributed by atoms with Crippen molar-refractivity contribution in [1.29, 1.82) is 0 Å². The maximum absolute atomic E-state index is 5.52. The second kappa shape index (κ2) is 4.66. The smallest absolute Gasteiger partial charge is 0.107 e. The summed E-state index contributed by atoms with van der Waals surface area (Å²) in [7, 11) is 0. The Bertz CT molecular complexity index is 650. The van der Waals surface area contributed by atoms with E-state index in [2.05, 4.69) is 39.3 Å². The summed E-state index contributed by atoms with van der Waals surface area (Å²) < 4.78 is 0. The first-order valence-corrected chi connectivity index (χ1v) is 6.14. The van der Waals surface area contributed by atoms with E-state index in [0.717, 1.165) is 24.4 Å². The molecule has 4 heteroatoms. The first-order valence-electron chi connectivity index (χ1n) is 6.14. The van der Waals surface area contributed by atoms with Crippen molar-refractivity contribution < 1.29 is 0 Å². The Morgan fingerprint density at radius 1 is 1.22 bits per heavy atom. The van der Waals surface area contributed by atoms with Gasteiger partial charge in [0.1, 0.15) is 5.82 Å². The second-order valence-corrected chi connectivity index (χ2v) is 4.43. The van der Waals surface area contributed by atoms with Gasteiger partial charge in [0, 0.05) is 41.8 Å². The Morgan fingerprint density at radius 3 is 3.00 bits per heavy atom. The number of aromatic amines is 2. The van der Waals surface area contributed by atoms with Crippen LogP contribution in [0.2, 0.25) is 0 Å². The summed E-state index contributed by atoms with van der Waals surface area (Å²) in [5.74, 6) is 0.965. The highest BCUT2D eigenvalue weighted by Gasteiger charge is 2.06. The molecule has 0 aliphatic heterocycles. The molecule has 3 rings (SSSR count). The SMILES string of the molecule is NCCc1ncc(Cc2c[nH]c3ccccc23)[nH]1. The lowest BCUT2D eigenvalue weighted by atomic mass is 10.1. The molecule has 0 atom stereocenters. The highest BCUT2D eigenvalue weighted by Crippen LogP contribution is 2.20. The Labute approximate surface area is 105 Å². The average molecular weight is 240 g/mol. The zero-order valence-corrected chi connectivity index (χ0v) is 10.1. The van der Waals surface area contributed by atoms with Crippen molar-refractivity contribution in [3.05, 3.63) is 53.7 Å². The molecule has 2 heterocycles. The van der Waals surface area contributed by atoms with Gasteiger partial charge >= 0.3 is 0 Å². The van der Waals surface area contributed by atoms with E-state index in [1.807, 2.05) is 12.3 Å². The van der Waals surface area contributed by atoms with Gasteiger partial charge in [-0.3, -0.25) is 0 Å². The fourth-order valence-electron chi connectivity index (χ4n) is 2.24. The first-order chi connectivity index (χ1) is 8.86. The summed E-state index contributed by atoms with van der Waals surface area (Å²) in [6.45, 7) is 0.625. The van der Waals surface area contributed by atoms with Crippen LogP contribution in [0.3, 0.4) is 0 Å². The van der Waals surface area contributed by atoms with Crippen molar-refractivity contribution in [3.63, 3.8) is 0 Å². The van der Waals surface area contributed by atoms with Crippen LogP contribution in [0, 0.1) is 0 Å². The lowest BCUT2D eigenvalue weighted by Gasteiger charge is -1.97. The molecule has 3 aromatic rings. The Morgan fingerprint density at radius 2 is 2.11 bits per heavy atom. The Hall–Kier alpha value is -2.07. The number of hydrogen-bond donors (Lipinski definition) is 3. The fraction of sp³-hybridized carbons (Fsp3) is 0.214. The monoisotopic (exact) mass is 240 g/mol. The van der Waals surface area contributed by atoms with Gasteiger partial charge in [-0.2, -0.15) is 0 Å². The van der Waals surface area contributed by atoms with Crippen molar-refractivity contribution in [1.82, 2.24) is 15.0 Å². The molecule has 1 aromatic carbocycles. The summed E-state index contributed by atoms with van der Waals surface area (Å²) >= 11 is 0. The number of fused-ring (bicyclic) bond motifs is 1. The maximum Gasteiger partial charge on any atom is 0.107 e. The normalized spacial score (nSPS) is 11.2. The van der Waals surface area contributed by atoms with Gasteiger partial charge in [-0.1, -0.05) is 18.2 Å². The molecule has 2 aromatic heterocycles. The number of aromatic nitrogens is 3. The summed E-state index contributed by atoms with van der Waals surface area (Å²) in [6, 6.07) is 8.33. The molecule has 18 heavy (non-hydrogen) atoms. The van der Waals surface area contributed by atoms with E-state index < -0.39 is 0 Å². The summed E-state index contributed by atoms with van der Waals surface area (Å²) in [5, 5.41) is 1.27. The minimum absolute atomic E-state index is 0.625. The molecule has 0 spiro atoms. The van der Waals surface area contributed by atoms with Crippen LogP contribution in [0.25, 0.3) is 10.9 Å². The van der Waals surface area contributed by atoms with E-state index in [-0.39, 0.29) is 0 Å². The molecule has 0 aliphatic rings. The standard InChI is InChI=1S/C14H16N4/c15-6-5-14-17-9-11(18-14)7-10-8-16-13-4-2-1-3-12(10)13/h1-4,8-9,16H,5-7,15H2,(H,17,18). The van der Waals surface area contributed by atoms with Crippen molar-refractivity contribution in [2.45, 2.75) is 12.8 Å². The molecule has 0 aliphatic carbocycles. The maximum atomic E-state index is 5.52. The molecule has 4 nitrogen and oxygen atoms in total. The molecular formula is C14H16N4. The number of para-hydroxylation sites is 1. The van der Waals surface area contributed by atoms with E-state index in [0.29, 0.717) is 6.54 Å². The number of nitrogens with one attached hydrogen (secondary N) is 2. The van der Waals surface area contributed by atoms with E-state index in [1.54, 1.807) is 0 Å². The van der Waals surface area contributed by atoms with Crippen LogP contribution >= 0.6 is 0 Å². The van der Waals surface area contributed by atoms with Crippen LogP contribution in [0.4, 0.5) is 0 Å². The molecule has 0 unspecified atom stereocenters. The fourth-order valence-corrected chi connectivity index (χ4v) is 2.24. The van der Waals surface area contributed by atoms with Gasteiger partial charge in [0.25, 0.3) is 0 Å². The third kappa shape index (κ3) is 2.02. The van der Waals surface area contributed by atoms with Crippen LogP contribution in [-0.4, -0.2) is 21.5 Å². The summed E-state index contributed by atoms with van der Waals surface area (Å²) in [4.78, 5) is 10.9. The van der Waals surface area contributed by atoms with E-state index >= 15 is 0 Å². The van der Waals surface area contributed by atoms with Gasteiger partial charge in [0.2, 0.25) is 0 Å². The summed E-state index contributed by atoms with van der Waals surface area (Å²) in [5.41, 5.74) is 9.10. The predicted molar refractivity (Wildman–Crippen MR) is 72.5 cm³/mol. The molecule has 0 bridgehead atoms. The largest absolute Gasteiger partial charge is 0.361 e. The molecule has 92 valence electrons. The second-order valence-electron chi connectivity index (χ2n) is 4.43. The summed E-state index contributed by atoms with van der Waals surface area (Å²) in [6.07, 6.45) is 5.62. The Kier molecular flexibility index (Phi) is 2.86. The molecular weight excluding hydrogens is 224 g/mol. The van der Waals surface area contributed by atoms with Crippen molar-refractivity contribution in [2.75, 3.05) is 6.54 Å². The molecule has 0 amide bonds. The van der Waals surface area contributed by atoms with Crippen LogP contribution < -0.4 is 5.73 Å². The van der Waals surface area contributed by atoms with Gasteiger partial charge < -0.3 is 15.7 Å². The zero-order valence-electron chi connectivity index (χ0n) is 10.1. The molecule has 4 N–H and O–H groups in total. The molecule has 0 radical (unpaired) electrons. The number of H-pyrrole nitrogens is 2. The van der Waals surface area contributed by atoms with Gasteiger partial charge in [0.15, 0.2) is 0 Å². The third-order valence-corrected chi connectivity index (χ3v) is 3.12. The molecule has 0 fully saturated rings. The predicted octanol–water partition coefficient (Wildman–Crippen LogP) is 1.98. The van der Waals surface area contributed by atoms with Gasteiger partial charge in [-0.05, 0) is 18.2 Å². The lowest BCUT2D eigenvalue weighted by molar-refractivity contribution is 0.887. The molecule has 0 saturated carbocycles. The number of nitrogens with two attached hydrogens (primary N) is 1. The topological polar surface area (TPSA) is 70.5 Å². The van der Waals surface area contributed by atoms with Crippen LogP contribution in [0.1, 0.15) is 17.1 Å². The van der Waals surface area contributed by atoms with E-state index in [4.69, 9.17) is 5.73 Å². The third-order valence-electron chi connectivity index (χ3n) is 3.12. The van der Waals surface area contributed by atoms with Crippen LogP contribution in [-0.2, 0) is 12.8 Å². The van der Waals surface area contributed by atoms with Crippen LogP contribution in [0.5, 0.6) is 0 Å². The lowest BCUT2D eigenvalue weighted by Crippen LogP contribution is -2.04. The van der Waals surface area contributed by atoms with E-state index in [1.165, 1.54) is 16.5 Å².